The maximum absolute atomic E-state index is 14.2. The van der Waals surface area contributed by atoms with Gasteiger partial charge in [0.15, 0.2) is 5.11 Å². The van der Waals surface area contributed by atoms with Gasteiger partial charge in [-0.25, -0.2) is 0 Å². The zero-order valence-corrected chi connectivity index (χ0v) is 23.2. The minimum atomic E-state index is -4.99. The van der Waals surface area contributed by atoms with Gasteiger partial charge >= 0.3 is 6.18 Å². The summed E-state index contributed by atoms with van der Waals surface area (Å²) in [5, 5.41) is 10.4. The van der Waals surface area contributed by atoms with Gasteiger partial charge in [0.25, 0.3) is 11.8 Å². The summed E-state index contributed by atoms with van der Waals surface area (Å²) >= 11 is 9.18. The van der Waals surface area contributed by atoms with E-state index in [1.165, 1.54) is 26.2 Å². The largest absolute Gasteiger partial charge is 0.418 e. The van der Waals surface area contributed by atoms with Gasteiger partial charge in [-0.3, -0.25) is 14.5 Å². The summed E-state index contributed by atoms with van der Waals surface area (Å²) in [6, 6.07) is 3.70. The van der Waals surface area contributed by atoms with Crippen LogP contribution in [0.3, 0.4) is 0 Å². The van der Waals surface area contributed by atoms with Gasteiger partial charge in [0.2, 0.25) is 0 Å². The highest BCUT2D eigenvalue weighted by Crippen LogP contribution is 2.44. The summed E-state index contributed by atoms with van der Waals surface area (Å²) in [6.45, 7) is 3.42. The van der Waals surface area contributed by atoms with Gasteiger partial charge in [0.05, 0.1) is 28.4 Å². The monoisotopic (exact) mass is 586 g/mol. The first-order chi connectivity index (χ1) is 16.8. The van der Waals surface area contributed by atoms with Crippen LogP contribution in [-0.4, -0.2) is 57.7 Å². The van der Waals surface area contributed by atoms with Gasteiger partial charge in [-0.05, 0) is 82.6 Å². The number of hydrogen-bond donors (Lipinski definition) is 0. The Balaban J connectivity index is 2.08. The number of carbonyl (C=O) groups excluding carboxylic acids is 2. The molecule has 0 N–H and O–H groups in total. The molecule has 0 atom stereocenters. The smallest absolute Gasteiger partial charge is 0.345 e. The van der Waals surface area contributed by atoms with Gasteiger partial charge in [0.1, 0.15) is 5.54 Å². The molecular formula is C25H30BrF3N4O2S. The van der Waals surface area contributed by atoms with E-state index >= 15 is 0 Å². The average molecular weight is 588 g/mol. The van der Waals surface area contributed by atoms with Gasteiger partial charge < -0.3 is 9.80 Å². The molecule has 2 fully saturated rings. The molecule has 0 unspecified atom stereocenters. The Morgan fingerprint density at radius 1 is 1.25 bits per heavy atom. The highest BCUT2D eigenvalue weighted by atomic mass is 79.9. The average Bonchev–Trinajstić information content (AvgIpc) is 2.99. The van der Waals surface area contributed by atoms with E-state index in [9.17, 15) is 28.0 Å². The van der Waals surface area contributed by atoms with E-state index < -0.39 is 40.2 Å². The lowest BCUT2D eigenvalue weighted by molar-refractivity contribution is -0.138. The highest BCUT2D eigenvalue weighted by Gasteiger charge is 2.54. The molecule has 2 aliphatic rings. The maximum atomic E-state index is 14.2. The van der Waals surface area contributed by atoms with Gasteiger partial charge in [-0.1, -0.05) is 15.9 Å². The third-order valence-corrected chi connectivity index (χ3v) is 8.04. The zero-order valence-electron chi connectivity index (χ0n) is 20.8. The molecule has 1 aliphatic heterocycles. The van der Waals surface area contributed by atoms with Crippen molar-refractivity contribution in [3.63, 3.8) is 0 Å². The fourth-order valence-electron chi connectivity index (χ4n) is 5.30. The van der Waals surface area contributed by atoms with E-state index in [0.29, 0.717) is 5.92 Å². The van der Waals surface area contributed by atoms with Crippen LogP contribution in [0.2, 0.25) is 0 Å². The lowest BCUT2D eigenvalue weighted by atomic mass is 9.82. The number of anilines is 1. The topological polar surface area (TPSA) is 67.7 Å². The number of nitrogens with zero attached hydrogens (tertiary/aromatic N) is 4. The molecule has 3 rings (SSSR count). The molecular weight excluding hydrogens is 557 g/mol. The van der Waals surface area contributed by atoms with Gasteiger partial charge in [-0.15, -0.1) is 0 Å². The van der Waals surface area contributed by atoms with Crippen molar-refractivity contribution in [2.24, 2.45) is 5.92 Å². The lowest BCUT2D eigenvalue weighted by Crippen LogP contribution is -2.51. The molecule has 1 heterocycles. The number of amides is 2. The van der Waals surface area contributed by atoms with E-state index in [4.69, 9.17) is 12.2 Å². The molecule has 6 nitrogen and oxygen atoms in total. The first-order valence-corrected chi connectivity index (χ1v) is 13.4. The Hall–Kier alpha value is -2.19. The molecule has 11 heteroatoms. The van der Waals surface area contributed by atoms with Crippen LogP contribution in [0.1, 0.15) is 73.9 Å². The molecule has 2 amide bonds. The number of hydrogen-bond acceptors (Lipinski definition) is 4. The molecule has 0 radical (unpaired) electrons. The molecule has 36 heavy (non-hydrogen) atoms. The number of benzene rings is 1. The molecule has 0 aromatic heterocycles. The Kier molecular flexibility index (Phi) is 8.40. The van der Waals surface area contributed by atoms with Crippen molar-refractivity contribution >= 4 is 50.8 Å². The van der Waals surface area contributed by atoms with E-state index in [2.05, 4.69) is 15.9 Å². The van der Waals surface area contributed by atoms with Crippen molar-refractivity contribution in [1.82, 2.24) is 9.80 Å². The summed E-state index contributed by atoms with van der Waals surface area (Å²) in [7, 11) is 2.64. The summed E-state index contributed by atoms with van der Waals surface area (Å²) in [5.74, 6) is -0.866. The molecule has 1 aliphatic carbocycles. The fraction of sp³-hybridized carbons (Fsp3) is 0.600. The third-order valence-electron chi connectivity index (χ3n) is 7.10. The number of rotatable bonds is 6. The molecule has 0 bridgehead atoms. The molecule has 196 valence electrons. The maximum Gasteiger partial charge on any atom is 0.418 e. The Morgan fingerprint density at radius 3 is 2.36 bits per heavy atom. The van der Waals surface area contributed by atoms with Crippen molar-refractivity contribution in [2.75, 3.05) is 24.3 Å². The number of halogens is 4. The number of thiocarbonyl (C=S) groups is 1. The minimum Gasteiger partial charge on any atom is -0.345 e. The van der Waals surface area contributed by atoms with Crippen LogP contribution in [0.15, 0.2) is 12.1 Å². The second kappa shape index (κ2) is 10.7. The Morgan fingerprint density at radius 2 is 1.86 bits per heavy atom. The zero-order chi connectivity index (χ0) is 27.0. The summed E-state index contributed by atoms with van der Waals surface area (Å²) in [5.41, 5.74) is -4.16. The molecule has 1 saturated heterocycles. The standard InChI is InChI=1S/C25H30BrF3N4O2S/c1-24(2)22(35)32(23(36)33(24)17-10-7-15(8-11-17)6-5-13-26)18-12-9-16(14-30)20(25(27,28)29)19(18)21(34)31(3)4/h9,12,15,17H,5-8,10-11,13H2,1-4H3. The van der Waals surface area contributed by atoms with E-state index in [-0.39, 0.29) is 16.8 Å². The van der Waals surface area contributed by atoms with Gasteiger partial charge in [0, 0.05) is 25.5 Å². The summed E-state index contributed by atoms with van der Waals surface area (Å²) < 4.78 is 42.5. The Bertz CT molecular complexity index is 1090. The van der Waals surface area contributed by atoms with Crippen LogP contribution in [0, 0.1) is 17.2 Å². The highest BCUT2D eigenvalue weighted by molar-refractivity contribution is 9.09. The quantitative estimate of drug-likeness (QED) is 0.315. The molecule has 0 spiro atoms. The molecule has 1 aromatic rings. The molecule has 1 aromatic carbocycles. The van der Waals surface area contributed by atoms with Crippen LogP contribution in [0.25, 0.3) is 0 Å². The van der Waals surface area contributed by atoms with Crippen molar-refractivity contribution < 1.29 is 22.8 Å². The van der Waals surface area contributed by atoms with Gasteiger partial charge in [-0.2, -0.15) is 18.4 Å². The van der Waals surface area contributed by atoms with Crippen molar-refractivity contribution in [3.8, 4) is 6.07 Å². The predicted molar refractivity (Wildman–Crippen MR) is 139 cm³/mol. The number of nitriles is 1. The van der Waals surface area contributed by atoms with Crippen molar-refractivity contribution in [1.29, 1.82) is 5.26 Å². The minimum absolute atomic E-state index is 0.0323. The van der Waals surface area contributed by atoms with Crippen LogP contribution in [-0.2, 0) is 11.0 Å². The van der Waals surface area contributed by atoms with Crippen molar-refractivity contribution in [2.45, 2.75) is 70.1 Å². The Labute approximate surface area is 223 Å². The number of alkyl halides is 4. The SMILES string of the molecule is CN(C)C(=O)c1c(N2C(=O)C(C)(C)N(C3CCC(CCCBr)CC3)C2=S)ccc(C#N)c1C(F)(F)F. The second-order valence-corrected chi connectivity index (χ2v) is 11.2. The van der Waals surface area contributed by atoms with E-state index in [1.807, 2.05) is 4.90 Å². The summed E-state index contributed by atoms with van der Waals surface area (Å²) in [6.07, 6.45) is 0.844. The van der Waals surface area contributed by atoms with Crippen molar-refractivity contribution in [3.05, 3.63) is 28.8 Å². The van der Waals surface area contributed by atoms with E-state index in [0.717, 1.165) is 59.7 Å². The predicted octanol–water partition coefficient (Wildman–Crippen LogP) is 5.72. The third kappa shape index (κ3) is 5.12. The normalized spacial score (nSPS) is 22.1. The summed E-state index contributed by atoms with van der Waals surface area (Å²) in [4.78, 5) is 30.6. The first-order valence-electron chi connectivity index (χ1n) is 11.9. The first kappa shape index (κ1) is 28.4. The number of carbonyl (C=O) groups is 2. The van der Waals surface area contributed by atoms with E-state index in [1.54, 1.807) is 13.8 Å². The second-order valence-electron chi connectivity index (χ2n) is 10.0. The lowest BCUT2D eigenvalue weighted by Gasteiger charge is -2.41. The molecule has 1 saturated carbocycles. The van der Waals surface area contributed by atoms with Crippen LogP contribution in [0.4, 0.5) is 18.9 Å². The van der Waals surface area contributed by atoms with Crippen LogP contribution in [0.5, 0.6) is 0 Å². The fourth-order valence-corrected chi connectivity index (χ4v) is 6.18. The van der Waals surface area contributed by atoms with Crippen LogP contribution >= 0.6 is 28.1 Å². The van der Waals surface area contributed by atoms with Crippen LogP contribution < -0.4 is 4.90 Å².